The van der Waals surface area contributed by atoms with Gasteiger partial charge < -0.3 is 19.9 Å². The second-order valence-electron chi connectivity index (χ2n) is 6.24. The molecule has 1 aromatic heterocycles. The minimum absolute atomic E-state index is 0.130. The highest BCUT2D eigenvalue weighted by atomic mass is 35.5. The Labute approximate surface area is 150 Å². The van der Waals surface area contributed by atoms with Crippen LogP contribution in [-0.4, -0.2) is 35.8 Å². The van der Waals surface area contributed by atoms with Gasteiger partial charge in [0.15, 0.2) is 5.69 Å². The fourth-order valence-corrected chi connectivity index (χ4v) is 2.25. The largest absolute Gasteiger partial charge is 0.444 e. The number of hydrogen-bond acceptors (Lipinski definition) is 5. The lowest BCUT2D eigenvalue weighted by Gasteiger charge is -2.19. The molecule has 2 rings (SSSR count). The van der Waals surface area contributed by atoms with Gasteiger partial charge >= 0.3 is 6.09 Å². The van der Waals surface area contributed by atoms with Crippen molar-refractivity contribution < 1.29 is 18.8 Å². The zero-order chi connectivity index (χ0) is 18.4. The summed E-state index contributed by atoms with van der Waals surface area (Å²) in [6.07, 6.45) is 0.828. The van der Waals surface area contributed by atoms with Crippen LogP contribution in [0.1, 0.15) is 31.3 Å². The number of rotatable bonds is 5. The molecule has 0 fully saturated rings. The number of nitrogens with one attached hydrogen (secondary N) is 2. The molecule has 2 amide bonds. The predicted molar refractivity (Wildman–Crippen MR) is 93.5 cm³/mol. The van der Waals surface area contributed by atoms with E-state index in [1.165, 1.54) is 6.26 Å². The average Bonchev–Trinajstić information content (AvgIpc) is 2.99. The monoisotopic (exact) mass is 365 g/mol. The Balaban J connectivity index is 1.90. The van der Waals surface area contributed by atoms with Crippen molar-refractivity contribution in [3.05, 3.63) is 41.2 Å². The number of carbonyl (C=O) groups excluding carboxylic acids is 2. The summed E-state index contributed by atoms with van der Waals surface area (Å²) < 4.78 is 10.0. The van der Waals surface area contributed by atoms with Crippen molar-refractivity contribution in [3.8, 4) is 11.1 Å². The number of amides is 2. The molecular weight excluding hydrogens is 346 g/mol. The van der Waals surface area contributed by atoms with Gasteiger partial charge in [-0.1, -0.05) is 35.0 Å². The molecule has 2 aromatic rings. The molecule has 2 N–H and O–H groups in total. The van der Waals surface area contributed by atoms with Crippen molar-refractivity contribution in [3.63, 3.8) is 0 Å². The normalized spacial score (nSPS) is 11.0. The van der Waals surface area contributed by atoms with Crippen molar-refractivity contribution in [2.24, 2.45) is 0 Å². The lowest BCUT2D eigenvalue weighted by Crippen LogP contribution is -2.38. The Kier molecular flexibility index (Phi) is 6.03. The number of alkyl carbamates (subject to hydrolysis) is 1. The fourth-order valence-electron chi connectivity index (χ4n) is 2.01. The zero-order valence-electron chi connectivity index (χ0n) is 14.3. The van der Waals surface area contributed by atoms with E-state index >= 15 is 0 Å². The van der Waals surface area contributed by atoms with Gasteiger partial charge in [-0.2, -0.15) is 0 Å². The summed E-state index contributed by atoms with van der Waals surface area (Å²) in [7, 11) is 0. The van der Waals surface area contributed by atoms with Gasteiger partial charge in [-0.05, 0) is 26.8 Å². The van der Waals surface area contributed by atoms with E-state index < -0.39 is 17.6 Å². The minimum Gasteiger partial charge on any atom is -0.444 e. The van der Waals surface area contributed by atoms with Crippen LogP contribution in [0.25, 0.3) is 11.1 Å². The molecule has 0 saturated heterocycles. The number of ether oxygens (including phenoxy) is 1. The molecule has 1 aromatic carbocycles. The summed E-state index contributed by atoms with van der Waals surface area (Å²) in [6.45, 7) is 5.76. The predicted octanol–water partition coefficient (Wildman–Crippen LogP) is 3.25. The molecule has 0 bridgehead atoms. The number of benzene rings is 1. The Morgan fingerprint density at radius 3 is 2.52 bits per heavy atom. The van der Waals surface area contributed by atoms with E-state index in [0.717, 1.165) is 0 Å². The third-order valence-corrected chi connectivity index (χ3v) is 3.36. The lowest BCUT2D eigenvalue weighted by atomic mass is 10.1. The van der Waals surface area contributed by atoms with Crippen molar-refractivity contribution in [2.75, 3.05) is 13.1 Å². The molecule has 0 radical (unpaired) electrons. The van der Waals surface area contributed by atoms with E-state index in [1.807, 2.05) is 0 Å². The summed E-state index contributed by atoms with van der Waals surface area (Å²) in [5, 5.41) is 9.44. The van der Waals surface area contributed by atoms with Gasteiger partial charge in [-0.15, -0.1) is 0 Å². The molecule has 0 spiro atoms. The molecule has 134 valence electrons. The Morgan fingerprint density at radius 1 is 1.16 bits per heavy atom. The molecule has 25 heavy (non-hydrogen) atoms. The van der Waals surface area contributed by atoms with Crippen LogP contribution < -0.4 is 10.6 Å². The van der Waals surface area contributed by atoms with Crippen LogP contribution in [0.3, 0.4) is 0 Å². The standard InChI is InChI=1S/C17H20ClN3O4/c1-17(2,3)25-16(23)20-9-8-19-15(22)14-12(10-24-21-14)11-6-4-5-7-13(11)18/h4-7,10H,8-9H2,1-3H3,(H,19,22)(H,20,23). The fraction of sp³-hybridized carbons (Fsp3) is 0.353. The summed E-state index contributed by atoms with van der Waals surface area (Å²) in [5.74, 6) is -0.422. The summed E-state index contributed by atoms with van der Waals surface area (Å²) in [5.41, 5.74) is 0.716. The van der Waals surface area contributed by atoms with Crippen LogP contribution in [0.4, 0.5) is 4.79 Å². The molecule has 7 nitrogen and oxygen atoms in total. The van der Waals surface area contributed by atoms with Crippen LogP contribution in [0.15, 0.2) is 35.1 Å². The van der Waals surface area contributed by atoms with Gasteiger partial charge in [0.25, 0.3) is 5.91 Å². The van der Waals surface area contributed by atoms with E-state index in [-0.39, 0.29) is 18.8 Å². The molecule has 0 aliphatic rings. The van der Waals surface area contributed by atoms with Crippen LogP contribution in [0.2, 0.25) is 5.02 Å². The first-order valence-electron chi connectivity index (χ1n) is 7.72. The van der Waals surface area contributed by atoms with E-state index in [4.69, 9.17) is 20.9 Å². The Bertz CT molecular complexity index is 752. The first-order valence-corrected chi connectivity index (χ1v) is 8.10. The van der Waals surface area contributed by atoms with E-state index in [1.54, 1.807) is 45.0 Å². The Morgan fingerprint density at radius 2 is 1.84 bits per heavy atom. The molecule has 0 atom stereocenters. The van der Waals surface area contributed by atoms with Crippen LogP contribution in [-0.2, 0) is 4.74 Å². The maximum atomic E-state index is 12.3. The summed E-state index contributed by atoms with van der Waals surface area (Å²) in [4.78, 5) is 23.8. The van der Waals surface area contributed by atoms with Crippen molar-refractivity contribution in [2.45, 2.75) is 26.4 Å². The number of hydrogen-bond donors (Lipinski definition) is 2. The number of aromatic nitrogens is 1. The third-order valence-electron chi connectivity index (χ3n) is 3.03. The average molecular weight is 366 g/mol. The second-order valence-corrected chi connectivity index (χ2v) is 6.65. The summed E-state index contributed by atoms with van der Waals surface area (Å²) >= 11 is 6.14. The van der Waals surface area contributed by atoms with Crippen LogP contribution in [0.5, 0.6) is 0 Å². The van der Waals surface area contributed by atoms with Gasteiger partial charge in [0.05, 0.1) is 5.56 Å². The van der Waals surface area contributed by atoms with Crippen molar-refractivity contribution >= 4 is 23.6 Å². The molecule has 1 heterocycles. The van der Waals surface area contributed by atoms with E-state index in [0.29, 0.717) is 16.1 Å². The van der Waals surface area contributed by atoms with Gasteiger partial charge in [0.1, 0.15) is 11.9 Å². The second kappa shape index (κ2) is 8.02. The first-order chi connectivity index (χ1) is 11.8. The highest BCUT2D eigenvalue weighted by molar-refractivity contribution is 6.33. The number of carbonyl (C=O) groups is 2. The quantitative estimate of drug-likeness (QED) is 0.793. The highest BCUT2D eigenvalue weighted by Crippen LogP contribution is 2.29. The maximum absolute atomic E-state index is 12.3. The van der Waals surface area contributed by atoms with Crippen molar-refractivity contribution in [1.82, 2.24) is 15.8 Å². The van der Waals surface area contributed by atoms with Gasteiger partial charge in [-0.25, -0.2) is 4.79 Å². The third kappa shape index (κ3) is 5.49. The van der Waals surface area contributed by atoms with Gasteiger partial charge in [0.2, 0.25) is 0 Å². The molecule has 8 heteroatoms. The van der Waals surface area contributed by atoms with Crippen LogP contribution >= 0.6 is 11.6 Å². The van der Waals surface area contributed by atoms with Gasteiger partial charge in [-0.3, -0.25) is 4.79 Å². The lowest BCUT2D eigenvalue weighted by molar-refractivity contribution is 0.0526. The topological polar surface area (TPSA) is 93.5 Å². The summed E-state index contributed by atoms with van der Waals surface area (Å²) in [6, 6.07) is 7.09. The maximum Gasteiger partial charge on any atom is 0.407 e. The van der Waals surface area contributed by atoms with Gasteiger partial charge in [0, 0.05) is 23.7 Å². The smallest absolute Gasteiger partial charge is 0.407 e. The van der Waals surface area contributed by atoms with E-state index in [9.17, 15) is 9.59 Å². The zero-order valence-corrected chi connectivity index (χ0v) is 15.0. The van der Waals surface area contributed by atoms with Crippen molar-refractivity contribution in [1.29, 1.82) is 0 Å². The highest BCUT2D eigenvalue weighted by Gasteiger charge is 2.19. The molecule has 0 aliphatic carbocycles. The number of halogens is 1. The van der Waals surface area contributed by atoms with E-state index in [2.05, 4.69) is 15.8 Å². The van der Waals surface area contributed by atoms with Crippen LogP contribution in [0, 0.1) is 0 Å². The minimum atomic E-state index is -0.572. The first kappa shape index (κ1) is 18.8. The molecule has 0 unspecified atom stereocenters. The molecule has 0 saturated carbocycles. The Hall–Kier alpha value is -2.54. The molecular formula is C17H20ClN3O4. The number of nitrogens with zero attached hydrogens (tertiary/aromatic N) is 1. The molecule has 0 aliphatic heterocycles. The SMILES string of the molecule is CC(C)(C)OC(=O)NCCNC(=O)c1nocc1-c1ccccc1Cl.